The Bertz CT molecular complexity index is 483. The predicted molar refractivity (Wildman–Crippen MR) is 70.5 cm³/mol. The van der Waals surface area contributed by atoms with Crippen LogP contribution < -0.4 is 0 Å². The van der Waals surface area contributed by atoms with E-state index in [1.54, 1.807) is 6.92 Å². The smallest absolute Gasteiger partial charge is 0.338 e. The average molecular weight is 282 g/mol. The highest BCUT2D eigenvalue weighted by atomic mass is 16.6. The van der Waals surface area contributed by atoms with Crippen molar-refractivity contribution >= 4 is 11.9 Å². The Kier molecular flexibility index (Phi) is 5.83. The Hall–Kier alpha value is -2.24. The van der Waals surface area contributed by atoms with Crippen molar-refractivity contribution in [1.82, 2.24) is 0 Å². The van der Waals surface area contributed by atoms with Crippen LogP contribution in [0.2, 0.25) is 0 Å². The molecule has 1 aromatic rings. The number of hydrogen-bond donors (Lipinski definition) is 2. The lowest BCUT2D eigenvalue weighted by Crippen LogP contribution is -2.18. The van der Waals surface area contributed by atoms with E-state index < -0.39 is 11.7 Å². The maximum Gasteiger partial charge on any atom is 0.338 e. The molecule has 0 bridgehead atoms. The molecule has 0 aliphatic heterocycles. The summed E-state index contributed by atoms with van der Waals surface area (Å²) in [5.41, 5.74) is 0.105. The third-order valence-electron chi connectivity index (χ3n) is 2.79. The molecule has 0 radical (unpaired) electrons. The molecule has 0 heterocycles. The molecule has 0 aliphatic rings. The molecule has 6 nitrogen and oxygen atoms in total. The summed E-state index contributed by atoms with van der Waals surface area (Å²) >= 11 is 0. The van der Waals surface area contributed by atoms with Gasteiger partial charge in [0.05, 0.1) is 11.5 Å². The van der Waals surface area contributed by atoms with Gasteiger partial charge in [-0.25, -0.2) is 4.79 Å². The van der Waals surface area contributed by atoms with Gasteiger partial charge in [-0.1, -0.05) is 13.8 Å². The maximum atomic E-state index is 11.6. The van der Waals surface area contributed by atoms with Crippen molar-refractivity contribution in [3.05, 3.63) is 23.8 Å². The molecule has 0 aromatic heterocycles. The van der Waals surface area contributed by atoms with Gasteiger partial charge in [0.2, 0.25) is 0 Å². The van der Waals surface area contributed by atoms with E-state index in [-0.39, 0.29) is 36.4 Å². The lowest BCUT2D eigenvalue weighted by atomic mass is 10.1. The fourth-order valence-corrected chi connectivity index (χ4v) is 1.32. The van der Waals surface area contributed by atoms with Gasteiger partial charge < -0.3 is 19.7 Å². The Balaban J connectivity index is 2.37. The van der Waals surface area contributed by atoms with Crippen molar-refractivity contribution in [3.63, 3.8) is 0 Å². The monoisotopic (exact) mass is 282 g/mol. The Morgan fingerprint density at radius 3 is 2.40 bits per heavy atom. The summed E-state index contributed by atoms with van der Waals surface area (Å²) in [7, 11) is 0. The van der Waals surface area contributed by atoms with Crippen molar-refractivity contribution in [1.29, 1.82) is 0 Å². The summed E-state index contributed by atoms with van der Waals surface area (Å²) in [6.45, 7) is 3.55. The molecule has 1 atom stereocenters. The molecule has 1 aromatic carbocycles. The standard InChI is InChI=1S/C14H18O6/c1-3-9(2)13(17)19-6-7-20-14(18)10-4-5-11(15)12(16)8-10/h4-5,8-9,15-16H,3,6-7H2,1-2H3. The van der Waals surface area contributed by atoms with E-state index in [2.05, 4.69) is 0 Å². The van der Waals surface area contributed by atoms with Crippen molar-refractivity contribution in [3.8, 4) is 11.5 Å². The summed E-state index contributed by atoms with van der Waals surface area (Å²) in [4.78, 5) is 22.9. The second-order valence-electron chi connectivity index (χ2n) is 4.32. The molecule has 0 amide bonds. The fourth-order valence-electron chi connectivity index (χ4n) is 1.32. The van der Waals surface area contributed by atoms with Crippen LogP contribution in [0.15, 0.2) is 18.2 Å². The number of aromatic hydroxyl groups is 2. The molecule has 1 rings (SSSR count). The molecule has 6 heteroatoms. The van der Waals surface area contributed by atoms with Crippen molar-refractivity contribution < 1.29 is 29.3 Å². The first-order valence-electron chi connectivity index (χ1n) is 6.31. The van der Waals surface area contributed by atoms with Crippen LogP contribution in [0.1, 0.15) is 30.6 Å². The third kappa shape index (κ3) is 4.46. The van der Waals surface area contributed by atoms with Crippen LogP contribution in [-0.2, 0) is 14.3 Å². The molecular weight excluding hydrogens is 264 g/mol. The van der Waals surface area contributed by atoms with Crippen molar-refractivity contribution in [2.45, 2.75) is 20.3 Å². The minimum absolute atomic E-state index is 0.0149. The van der Waals surface area contributed by atoms with Crippen LogP contribution in [0.4, 0.5) is 0 Å². The Labute approximate surface area is 116 Å². The maximum absolute atomic E-state index is 11.6. The molecule has 0 spiro atoms. The first-order valence-corrected chi connectivity index (χ1v) is 6.31. The van der Waals surface area contributed by atoms with Gasteiger partial charge in [-0.3, -0.25) is 4.79 Å². The number of carbonyl (C=O) groups excluding carboxylic acids is 2. The minimum atomic E-state index is -0.667. The summed E-state index contributed by atoms with van der Waals surface area (Å²) in [5, 5.41) is 18.4. The van der Waals surface area contributed by atoms with Gasteiger partial charge in [0.25, 0.3) is 0 Å². The molecule has 110 valence electrons. The van der Waals surface area contributed by atoms with E-state index in [0.717, 1.165) is 6.07 Å². The molecule has 0 saturated heterocycles. The van der Waals surface area contributed by atoms with Gasteiger partial charge in [-0.05, 0) is 24.6 Å². The Morgan fingerprint density at radius 2 is 1.80 bits per heavy atom. The molecule has 0 aliphatic carbocycles. The van der Waals surface area contributed by atoms with Crippen LogP contribution in [0.25, 0.3) is 0 Å². The van der Waals surface area contributed by atoms with Crippen LogP contribution in [0.3, 0.4) is 0 Å². The predicted octanol–water partition coefficient (Wildman–Crippen LogP) is 1.84. The van der Waals surface area contributed by atoms with Crippen LogP contribution >= 0.6 is 0 Å². The van der Waals surface area contributed by atoms with Gasteiger partial charge in [-0.15, -0.1) is 0 Å². The SMILES string of the molecule is CCC(C)C(=O)OCCOC(=O)c1ccc(O)c(O)c1. The summed E-state index contributed by atoms with van der Waals surface area (Å²) in [5.74, 6) is -1.89. The van der Waals surface area contributed by atoms with Gasteiger partial charge in [0.1, 0.15) is 13.2 Å². The Morgan fingerprint density at radius 1 is 1.15 bits per heavy atom. The fraction of sp³-hybridized carbons (Fsp3) is 0.429. The van der Waals surface area contributed by atoms with Gasteiger partial charge >= 0.3 is 11.9 Å². The van der Waals surface area contributed by atoms with E-state index in [0.29, 0.717) is 6.42 Å². The third-order valence-corrected chi connectivity index (χ3v) is 2.79. The molecule has 0 saturated carbocycles. The number of hydrogen-bond acceptors (Lipinski definition) is 6. The summed E-state index contributed by atoms with van der Waals surface area (Å²) < 4.78 is 9.80. The van der Waals surface area contributed by atoms with E-state index in [1.165, 1.54) is 12.1 Å². The van der Waals surface area contributed by atoms with E-state index in [9.17, 15) is 14.7 Å². The quantitative estimate of drug-likeness (QED) is 0.470. The topological polar surface area (TPSA) is 93.1 Å². The zero-order valence-corrected chi connectivity index (χ0v) is 11.5. The van der Waals surface area contributed by atoms with E-state index >= 15 is 0 Å². The van der Waals surface area contributed by atoms with Crippen molar-refractivity contribution in [2.75, 3.05) is 13.2 Å². The minimum Gasteiger partial charge on any atom is -0.504 e. The molecule has 1 unspecified atom stereocenters. The summed E-state index contributed by atoms with van der Waals surface area (Å²) in [6, 6.07) is 3.61. The van der Waals surface area contributed by atoms with Crippen LogP contribution in [0.5, 0.6) is 11.5 Å². The average Bonchev–Trinajstić information content (AvgIpc) is 2.44. The second kappa shape index (κ2) is 7.37. The first kappa shape index (κ1) is 15.8. The zero-order chi connectivity index (χ0) is 15.1. The number of carbonyl (C=O) groups is 2. The largest absolute Gasteiger partial charge is 0.504 e. The summed E-state index contributed by atoms with van der Waals surface area (Å²) in [6.07, 6.45) is 0.686. The number of esters is 2. The zero-order valence-electron chi connectivity index (χ0n) is 11.5. The highest BCUT2D eigenvalue weighted by Gasteiger charge is 2.13. The number of phenols is 2. The second-order valence-corrected chi connectivity index (χ2v) is 4.32. The number of rotatable bonds is 6. The van der Waals surface area contributed by atoms with E-state index in [4.69, 9.17) is 14.6 Å². The lowest BCUT2D eigenvalue weighted by Gasteiger charge is -2.09. The molecular formula is C14H18O6. The normalized spacial score (nSPS) is 11.7. The van der Waals surface area contributed by atoms with Crippen molar-refractivity contribution in [2.24, 2.45) is 5.92 Å². The van der Waals surface area contributed by atoms with Crippen LogP contribution in [-0.4, -0.2) is 35.4 Å². The van der Waals surface area contributed by atoms with Gasteiger partial charge in [-0.2, -0.15) is 0 Å². The number of benzene rings is 1. The first-order chi connectivity index (χ1) is 9.45. The van der Waals surface area contributed by atoms with Gasteiger partial charge in [0.15, 0.2) is 11.5 Å². The number of ether oxygens (including phenoxy) is 2. The number of phenolic OH excluding ortho intramolecular Hbond substituents is 2. The molecule has 0 fully saturated rings. The lowest BCUT2D eigenvalue weighted by molar-refractivity contribution is -0.149. The highest BCUT2D eigenvalue weighted by Crippen LogP contribution is 2.25. The highest BCUT2D eigenvalue weighted by molar-refractivity contribution is 5.90. The molecule has 2 N–H and O–H groups in total. The van der Waals surface area contributed by atoms with Crippen LogP contribution in [0, 0.1) is 5.92 Å². The van der Waals surface area contributed by atoms with E-state index in [1.807, 2.05) is 6.92 Å². The van der Waals surface area contributed by atoms with Gasteiger partial charge in [0, 0.05) is 0 Å². The molecule has 20 heavy (non-hydrogen) atoms.